The fraction of sp³-hybridized carbons (Fsp3) is 0.345. The summed E-state index contributed by atoms with van der Waals surface area (Å²) in [6.45, 7) is 10.2. The van der Waals surface area contributed by atoms with Crippen molar-refractivity contribution in [1.82, 2.24) is 9.97 Å². The minimum Gasteiger partial charge on any atom is -0.493 e. The maximum atomic E-state index is 13.0. The number of pyridine rings is 2. The SMILES string of the molecule is CNc1ccc2c(-c3ccc4c5c(ccnc35)CCO4)c(C(OC(C)(C)C)C(C)=O)c(C)cc2n1. The van der Waals surface area contributed by atoms with E-state index in [4.69, 9.17) is 19.4 Å². The van der Waals surface area contributed by atoms with Crippen LogP contribution < -0.4 is 10.1 Å². The molecular weight excluding hydrogens is 438 g/mol. The van der Waals surface area contributed by atoms with Crippen molar-refractivity contribution in [3.63, 3.8) is 0 Å². The van der Waals surface area contributed by atoms with Gasteiger partial charge in [-0.1, -0.05) is 0 Å². The lowest BCUT2D eigenvalue weighted by molar-refractivity contribution is -0.138. The molecule has 4 aromatic rings. The number of rotatable bonds is 5. The fourth-order valence-electron chi connectivity index (χ4n) is 4.99. The number of hydrogen-bond acceptors (Lipinski definition) is 6. The first kappa shape index (κ1) is 23.2. The Morgan fingerprint density at radius 2 is 1.97 bits per heavy atom. The third kappa shape index (κ3) is 4.12. The molecule has 0 fully saturated rings. The van der Waals surface area contributed by atoms with Gasteiger partial charge in [0.1, 0.15) is 17.7 Å². The summed E-state index contributed by atoms with van der Waals surface area (Å²) in [5.41, 5.74) is 6.12. The summed E-state index contributed by atoms with van der Waals surface area (Å²) in [7, 11) is 1.86. The Labute approximate surface area is 205 Å². The lowest BCUT2D eigenvalue weighted by Gasteiger charge is -2.30. The standard InChI is InChI=1S/C29H31N3O3/c1-16-15-21-19(8-10-23(30-6)32-21)26(24(16)28(17(2)33)35-29(3,4)5)20-7-9-22-25-18(12-14-34-22)11-13-31-27(20)25/h7-11,13,15,28H,12,14H2,1-6H3,(H,30,32). The van der Waals surface area contributed by atoms with E-state index in [9.17, 15) is 4.79 Å². The molecule has 0 aliphatic carbocycles. The number of aromatic nitrogens is 2. The van der Waals surface area contributed by atoms with E-state index in [1.165, 1.54) is 5.56 Å². The van der Waals surface area contributed by atoms with Crippen LogP contribution >= 0.6 is 0 Å². The number of benzene rings is 2. The van der Waals surface area contributed by atoms with Crippen LogP contribution in [0.2, 0.25) is 0 Å². The van der Waals surface area contributed by atoms with Crippen LogP contribution in [-0.2, 0) is 16.0 Å². The second-order valence-electron chi connectivity index (χ2n) is 10.1. The number of anilines is 1. The molecule has 1 aliphatic rings. The second kappa shape index (κ2) is 8.61. The van der Waals surface area contributed by atoms with Gasteiger partial charge < -0.3 is 14.8 Å². The van der Waals surface area contributed by atoms with E-state index < -0.39 is 11.7 Å². The molecule has 0 saturated heterocycles. The molecule has 5 rings (SSSR count). The van der Waals surface area contributed by atoms with E-state index in [1.807, 2.05) is 59.1 Å². The lowest BCUT2D eigenvalue weighted by atomic mass is 9.85. The van der Waals surface area contributed by atoms with Crippen LogP contribution in [-0.4, -0.2) is 35.0 Å². The Morgan fingerprint density at radius 3 is 2.69 bits per heavy atom. The topological polar surface area (TPSA) is 73.3 Å². The quantitative estimate of drug-likeness (QED) is 0.376. The van der Waals surface area contributed by atoms with Gasteiger partial charge in [0.2, 0.25) is 0 Å². The molecule has 180 valence electrons. The molecule has 0 spiro atoms. The second-order valence-corrected chi connectivity index (χ2v) is 10.1. The van der Waals surface area contributed by atoms with E-state index in [0.717, 1.165) is 62.0 Å². The maximum absolute atomic E-state index is 13.0. The number of carbonyl (C=O) groups excluding carboxylic acids is 1. The summed E-state index contributed by atoms with van der Waals surface area (Å²) >= 11 is 0. The number of nitrogens with zero attached hydrogens (tertiary/aromatic N) is 2. The number of nitrogens with one attached hydrogen (secondary N) is 1. The van der Waals surface area contributed by atoms with Gasteiger partial charge in [-0.05, 0) is 93.3 Å². The molecule has 2 aromatic carbocycles. The third-order valence-electron chi connectivity index (χ3n) is 6.44. The number of aryl methyl sites for hydroxylation is 1. The van der Waals surface area contributed by atoms with Gasteiger partial charge in [0.15, 0.2) is 5.78 Å². The average Bonchev–Trinajstić information content (AvgIpc) is 2.82. The molecule has 0 bridgehead atoms. The maximum Gasteiger partial charge on any atom is 0.163 e. The van der Waals surface area contributed by atoms with Gasteiger partial charge in [-0.3, -0.25) is 9.78 Å². The van der Waals surface area contributed by atoms with Crippen LogP contribution in [0.1, 0.15) is 50.5 Å². The van der Waals surface area contributed by atoms with Crippen molar-refractivity contribution in [2.75, 3.05) is 19.0 Å². The Balaban J connectivity index is 1.91. The number of ketones is 1. The van der Waals surface area contributed by atoms with Crippen LogP contribution in [0.5, 0.6) is 5.75 Å². The van der Waals surface area contributed by atoms with Gasteiger partial charge in [-0.25, -0.2) is 4.98 Å². The molecule has 6 heteroatoms. The van der Waals surface area contributed by atoms with E-state index in [0.29, 0.717) is 6.61 Å². The smallest absolute Gasteiger partial charge is 0.163 e. The number of fused-ring (bicyclic) bond motifs is 1. The Bertz CT molecular complexity index is 1460. The van der Waals surface area contributed by atoms with E-state index in [-0.39, 0.29) is 5.78 Å². The third-order valence-corrected chi connectivity index (χ3v) is 6.44. The lowest BCUT2D eigenvalue weighted by Crippen LogP contribution is -2.27. The van der Waals surface area contributed by atoms with Gasteiger partial charge in [0, 0.05) is 36.0 Å². The Hall–Kier alpha value is -3.51. The molecule has 2 aromatic heterocycles. The number of Topliss-reactive ketones (excluding diaryl/α,β-unsaturated/α-hetero) is 1. The largest absolute Gasteiger partial charge is 0.493 e. The van der Waals surface area contributed by atoms with E-state index in [2.05, 4.69) is 23.5 Å². The van der Waals surface area contributed by atoms with E-state index >= 15 is 0 Å². The highest BCUT2D eigenvalue weighted by atomic mass is 16.5. The first-order valence-corrected chi connectivity index (χ1v) is 12.0. The Kier molecular flexibility index (Phi) is 5.72. The fourth-order valence-corrected chi connectivity index (χ4v) is 4.99. The highest BCUT2D eigenvalue weighted by Gasteiger charge is 2.31. The number of hydrogen-bond donors (Lipinski definition) is 1. The molecular formula is C29H31N3O3. The molecule has 0 saturated carbocycles. The average molecular weight is 470 g/mol. The highest BCUT2D eigenvalue weighted by Crippen LogP contribution is 2.45. The molecule has 1 atom stereocenters. The molecule has 0 radical (unpaired) electrons. The van der Waals surface area contributed by atoms with Gasteiger partial charge in [-0.2, -0.15) is 0 Å². The molecule has 1 aliphatic heterocycles. The first-order valence-electron chi connectivity index (χ1n) is 12.0. The zero-order valence-electron chi connectivity index (χ0n) is 21.2. The van der Waals surface area contributed by atoms with Crippen LogP contribution in [0.15, 0.2) is 42.6 Å². The Morgan fingerprint density at radius 1 is 1.17 bits per heavy atom. The highest BCUT2D eigenvalue weighted by molar-refractivity contribution is 6.08. The zero-order valence-corrected chi connectivity index (χ0v) is 21.2. The molecule has 1 N–H and O–H groups in total. The van der Waals surface area contributed by atoms with Gasteiger partial charge in [0.05, 0.1) is 23.2 Å². The summed E-state index contributed by atoms with van der Waals surface area (Å²) in [6.07, 6.45) is 1.98. The molecule has 6 nitrogen and oxygen atoms in total. The first-order chi connectivity index (χ1) is 16.7. The van der Waals surface area contributed by atoms with Gasteiger partial charge in [-0.15, -0.1) is 0 Å². The molecule has 3 heterocycles. The van der Waals surface area contributed by atoms with Crippen molar-refractivity contribution in [3.8, 4) is 16.9 Å². The van der Waals surface area contributed by atoms with Crippen LogP contribution in [0.25, 0.3) is 32.9 Å². The van der Waals surface area contributed by atoms with Gasteiger partial charge in [0.25, 0.3) is 0 Å². The van der Waals surface area contributed by atoms with Crippen molar-refractivity contribution in [2.45, 2.75) is 52.7 Å². The van der Waals surface area contributed by atoms with Gasteiger partial charge >= 0.3 is 0 Å². The predicted octanol–water partition coefficient (Wildman–Crippen LogP) is 6.18. The van der Waals surface area contributed by atoms with Crippen molar-refractivity contribution in [2.24, 2.45) is 0 Å². The van der Waals surface area contributed by atoms with Crippen LogP contribution in [0.4, 0.5) is 5.82 Å². The summed E-state index contributed by atoms with van der Waals surface area (Å²) < 4.78 is 12.4. The van der Waals surface area contributed by atoms with Crippen molar-refractivity contribution in [3.05, 3.63) is 59.3 Å². The van der Waals surface area contributed by atoms with Crippen LogP contribution in [0.3, 0.4) is 0 Å². The molecule has 1 unspecified atom stereocenters. The summed E-state index contributed by atoms with van der Waals surface area (Å²) in [4.78, 5) is 22.7. The normalized spacial score (nSPS) is 14.1. The summed E-state index contributed by atoms with van der Waals surface area (Å²) in [6, 6.07) is 12.2. The summed E-state index contributed by atoms with van der Waals surface area (Å²) in [5.74, 6) is 1.59. The van der Waals surface area contributed by atoms with E-state index in [1.54, 1.807) is 6.92 Å². The van der Waals surface area contributed by atoms with Crippen molar-refractivity contribution >= 4 is 33.4 Å². The molecule has 35 heavy (non-hydrogen) atoms. The zero-order chi connectivity index (χ0) is 24.9. The predicted molar refractivity (Wildman–Crippen MR) is 140 cm³/mol. The minimum absolute atomic E-state index is 0.0394. The molecule has 0 amide bonds. The van der Waals surface area contributed by atoms with Crippen LogP contribution in [0, 0.1) is 6.92 Å². The number of ether oxygens (including phenoxy) is 2. The monoisotopic (exact) mass is 469 g/mol. The van der Waals surface area contributed by atoms with Crippen molar-refractivity contribution < 1.29 is 14.3 Å². The minimum atomic E-state index is -0.722. The summed E-state index contributed by atoms with van der Waals surface area (Å²) in [5, 5.41) is 5.11. The van der Waals surface area contributed by atoms with Crippen molar-refractivity contribution in [1.29, 1.82) is 0 Å². The number of carbonyl (C=O) groups is 1.